The lowest BCUT2D eigenvalue weighted by Crippen LogP contribution is -2.16. The molecule has 3 aromatic rings. The summed E-state index contributed by atoms with van der Waals surface area (Å²) in [6.45, 7) is 4.75. The van der Waals surface area contributed by atoms with Crippen molar-refractivity contribution in [1.29, 1.82) is 0 Å². The summed E-state index contributed by atoms with van der Waals surface area (Å²) in [5, 5.41) is 24.1. The lowest BCUT2D eigenvalue weighted by Gasteiger charge is -2.12. The van der Waals surface area contributed by atoms with Crippen LogP contribution in [0.5, 0.6) is 5.75 Å². The van der Waals surface area contributed by atoms with Gasteiger partial charge in [-0.05, 0) is 48.7 Å². The fraction of sp³-hybridized carbons (Fsp3) is 0.360. The summed E-state index contributed by atoms with van der Waals surface area (Å²) < 4.78 is 21.5. The van der Waals surface area contributed by atoms with Gasteiger partial charge in [0.1, 0.15) is 11.6 Å². The Morgan fingerprint density at radius 1 is 1.19 bits per heavy atom. The Balaban J connectivity index is 2.10. The molecule has 3 rings (SSSR count). The van der Waals surface area contributed by atoms with Gasteiger partial charge in [0.2, 0.25) is 0 Å². The van der Waals surface area contributed by atoms with Crippen LogP contribution in [-0.4, -0.2) is 38.7 Å². The van der Waals surface area contributed by atoms with E-state index in [1.807, 2.05) is 13.0 Å². The molecule has 2 aromatic carbocycles. The Labute approximate surface area is 187 Å². The number of carboxylic acid groups (broad SMARTS) is 1. The number of aliphatic hydroxyl groups excluding tert-OH is 1. The Bertz CT molecular complexity index is 1060. The van der Waals surface area contributed by atoms with Gasteiger partial charge in [0, 0.05) is 11.1 Å². The molecule has 0 amide bonds. The van der Waals surface area contributed by atoms with Crippen LogP contribution in [0.15, 0.2) is 48.5 Å². The predicted molar refractivity (Wildman–Crippen MR) is 121 cm³/mol. The van der Waals surface area contributed by atoms with Crippen molar-refractivity contribution in [2.45, 2.75) is 52.2 Å². The molecule has 0 aliphatic carbocycles. The van der Waals surface area contributed by atoms with E-state index in [0.29, 0.717) is 46.9 Å². The minimum absolute atomic E-state index is 0.117. The van der Waals surface area contributed by atoms with Gasteiger partial charge < -0.3 is 14.9 Å². The quantitative estimate of drug-likeness (QED) is 0.413. The molecule has 0 bridgehead atoms. The molecule has 1 atom stereocenters. The van der Waals surface area contributed by atoms with Crippen LogP contribution in [0, 0.1) is 5.82 Å². The maximum atomic E-state index is 13.9. The van der Waals surface area contributed by atoms with Gasteiger partial charge in [0.15, 0.2) is 0 Å². The Kier molecular flexibility index (Phi) is 8.00. The fourth-order valence-electron chi connectivity index (χ4n) is 3.41. The molecule has 0 aliphatic heterocycles. The van der Waals surface area contributed by atoms with Crippen LogP contribution < -0.4 is 4.74 Å². The second kappa shape index (κ2) is 10.9. The molecule has 7 heteroatoms. The highest BCUT2D eigenvalue weighted by Gasteiger charge is 2.18. The van der Waals surface area contributed by atoms with E-state index in [2.05, 4.69) is 6.92 Å². The third kappa shape index (κ3) is 5.95. The first kappa shape index (κ1) is 23.5. The summed E-state index contributed by atoms with van der Waals surface area (Å²) in [5.74, 6) is -0.674. The van der Waals surface area contributed by atoms with Gasteiger partial charge in [-0.2, -0.15) is 5.10 Å². The number of benzene rings is 2. The first-order chi connectivity index (χ1) is 15.4. The van der Waals surface area contributed by atoms with Crippen molar-refractivity contribution in [3.05, 3.63) is 59.9 Å². The van der Waals surface area contributed by atoms with Crippen molar-refractivity contribution in [3.8, 4) is 28.3 Å². The van der Waals surface area contributed by atoms with Crippen LogP contribution in [0.1, 0.15) is 38.7 Å². The number of halogens is 1. The molecule has 0 saturated carbocycles. The van der Waals surface area contributed by atoms with Gasteiger partial charge >= 0.3 is 5.97 Å². The highest BCUT2D eigenvalue weighted by Crippen LogP contribution is 2.34. The zero-order chi connectivity index (χ0) is 23.1. The topological polar surface area (TPSA) is 84.6 Å². The number of aliphatic carboxylic acids is 1. The summed E-state index contributed by atoms with van der Waals surface area (Å²) in [7, 11) is 0. The third-order valence-electron chi connectivity index (χ3n) is 5.19. The van der Waals surface area contributed by atoms with Crippen molar-refractivity contribution in [2.24, 2.45) is 0 Å². The minimum atomic E-state index is -0.923. The second-order valence-electron chi connectivity index (χ2n) is 7.77. The number of carboxylic acids is 1. The molecule has 6 nitrogen and oxygen atoms in total. The molecule has 0 fully saturated rings. The minimum Gasteiger partial charge on any atom is -0.493 e. The smallest absolute Gasteiger partial charge is 0.307 e. The average Bonchev–Trinajstić information content (AvgIpc) is 3.17. The number of unbranched alkanes of at least 4 members (excludes halogenated alkanes) is 1. The van der Waals surface area contributed by atoms with Crippen molar-refractivity contribution < 1.29 is 24.1 Å². The van der Waals surface area contributed by atoms with Crippen molar-refractivity contribution >= 4 is 5.97 Å². The number of rotatable bonds is 11. The summed E-state index contributed by atoms with van der Waals surface area (Å²) in [6.07, 6.45) is 1.71. The van der Waals surface area contributed by atoms with Crippen LogP contribution in [0.25, 0.3) is 22.5 Å². The standard InChI is InChI=1S/C25H29FN2O4/c1-3-5-11-32-24-10-9-17(13-25(30)31)12-21(24)22-15-23(18-7-6-8-19(26)14-18)28(27-22)16-20(29)4-2/h6-10,12,14-15,20,29H,3-5,11,13,16H2,1-2H3,(H,30,31). The lowest BCUT2D eigenvalue weighted by atomic mass is 10.0. The predicted octanol–water partition coefficient (Wildman–Crippen LogP) is 4.93. The molecule has 32 heavy (non-hydrogen) atoms. The normalized spacial score (nSPS) is 12.0. The average molecular weight is 441 g/mol. The van der Waals surface area contributed by atoms with Crippen LogP contribution in [0.4, 0.5) is 4.39 Å². The van der Waals surface area contributed by atoms with Crippen molar-refractivity contribution in [2.75, 3.05) is 6.61 Å². The van der Waals surface area contributed by atoms with E-state index in [1.54, 1.807) is 35.0 Å². The summed E-state index contributed by atoms with van der Waals surface area (Å²) in [5.41, 5.74) is 3.18. The number of aromatic nitrogens is 2. The van der Waals surface area contributed by atoms with Gasteiger partial charge in [0.05, 0.1) is 37.1 Å². The van der Waals surface area contributed by atoms with Gasteiger partial charge in [-0.15, -0.1) is 0 Å². The van der Waals surface area contributed by atoms with E-state index < -0.39 is 12.1 Å². The molecule has 1 heterocycles. The largest absolute Gasteiger partial charge is 0.493 e. The molecule has 170 valence electrons. The van der Waals surface area contributed by atoms with E-state index in [1.165, 1.54) is 12.1 Å². The lowest BCUT2D eigenvalue weighted by molar-refractivity contribution is -0.136. The molecule has 2 N–H and O–H groups in total. The summed E-state index contributed by atoms with van der Waals surface area (Å²) in [4.78, 5) is 11.2. The highest BCUT2D eigenvalue weighted by molar-refractivity contribution is 5.76. The Morgan fingerprint density at radius 2 is 2.00 bits per heavy atom. The second-order valence-corrected chi connectivity index (χ2v) is 7.77. The van der Waals surface area contributed by atoms with Crippen LogP contribution in [0.3, 0.4) is 0 Å². The molecule has 0 saturated heterocycles. The molecular formula is C25H29FN2O4. The Morgan fingerprint density at radius 3 is 2.69 bits per heavy atom. The summed E-state index contributed by atoms with van der Waals surface area (Å²) in [6, 6.07) is 13.3. The monoisotopic (exact) mass is 440 g/mol. The van der Waals surface area contributed by atoms with Gasteiger partial charge in [-0.1, -0.05) is 38.5 Å². The van der Waals surface area contributed by atoms with E-state index in [9.17, 15) is 19.4 Å². The number of carbonyl (C=O) groups is 1. The fourth-order valence-corrected chi connectivity index (χ4v) is 3.41. The number of hydrogen-bond donors (Lipinski definition) is 2. The summed E-state index contributed by atoms with van der Waals surface area (Å²) >= 11 is 0. The first-order valence-corrected chi connectivity index (χ1v) is 10.9. The molecular weight excluding hydrogens is 411 g/mol. The maximum absolute atomic E-state index is 13.9. The van der Waals surface area contributed by atoms with E-state index in [-0.39, 0.29) is 18.8 Å². The molecule has 0 aliphatic rings. The number of nitrogens with zero attached hydrogens (tertiary/aromatic N) is 2. The van der Waals surface area contributed by atoms with Gasteiger partial charge in [-0.25, -0.2) is 4.39 Å². The third-order valence-corrected chi connectivity index (χ3v) is 5.19. The van der Waals surface area contributed by atoms with E-state index in [4.69, 9.17) is 9.84 Å². The van der Waals surface area contributed by atoms with E-state index in [0.717, 1.165) is 12.8 Å². The molecule has 0 radical (unpaired) electrons. The highest BCUT2D eigenvalue weighted by atomic mass is 19.1. The maximum Gasteiger partial charge on any atom is 0.307 e. The Hall–Kier alpha value is -3.19. The van der Waals surface area contributed by atoms with Crippen molar-refractivity contribution in [3.63, 3.8) is 0 Å². The number of ether oxygens (including phenoxy) is 1. The number of aliphatic hydroxyl groups is 1. The molecule has 1 aromatic heterocycles. The van der Waals surface area contributed by atoms with Crippen molar-refractivity contribution in [1.82, 2.24) is 9.78 Å². The molecule has 1 unspecified atom stereocenters. The zero-order valence-electron chi connectivity index (χ0n) is 18.4. The first-order valence-electron chi connectivity index (χ1n) is 10.9. The van der Waals surface area contributed by atoms with Gasteiger partial charge in [0.25, 0.3) is 0 Å². The molecule has 0 spiro atoms. The zero-order valence-corrected chi connectivity index (χ0v) is 18.4. The van der Waals surface area contributed by atoms with Crippen LogP contribution in [-0.2, 0) is 17.8 Å². The SMILES string of the molecule is CCCCOc1ccc(CC(=O)O)cc1-c1cc(-c2cccc(F)c2)n(CC(O)CC)n1. The van der Waals surface area contributed by atoms with Crippen LogP contribution >= 0.6 is 0 Å². The number of hydrogen-bond acceptors (Lipinski definition) is 4. The van der Waals surface area contributed by atoms with E-state index >= 15 is 0 Å². The van der Waals surface area contributed by atoms with Crippen LogP contribution in [0.2, 0.25) is 0 Å². The van der Waals surface area contributed by atoms with Gasteiger partial charge in [-0.3, -0.25) is 9.48 Å².